The van der Waals surface area contributed by atoms with Gasteiger partial charge in [0.1, 0.15) is 0 Å². The molecule has 2 aliphatic rings. The van der Waals surface area contributed by atoms with Crippen LogP contribution in [0.3, 0.4) is 0 Å². The van der Waals surface area contributed by atoms with E-state index in [1.165, 1.54) is 6.42 Å². The van der Waals surface area contributed by atoms with Gasteiger partial charge in [0.2, 0.25) is 0 Å². The van der Waals surface area contributed by atoms with Gasteiger partial charge in [0.25, 0.3) is 11.5 Å². The standard InChI is InChI=1S/C22H26N4O3.CO2.CH4/c1-14-11-19-17(12-16(14)22(28)25-7-3-2-4-8-25)20-18(21(27)24-19)13-23-26(20)15-5-9-29-10-6-15;2-1-3;/h11-13,15H,2-10H2,1H3,(H,24,27);;1H4. The molecule has 3 aromatic rings. The van der Waals surface area contributed by atoms with Crippen LogP contribution >= 0.6 is 0 Å². The molecule has 2 aromatic heterocycles. The number of aromatic nitrogens is 3. The lowest BCUT2D eigenvalue weighted by Crippen LogP contribution is -2.36. The van der Waals surface area contributed by atoms with Gasteiger partial charge in [-0.3, -0.25) is 14.3 Å². The molecule has 0 aliphatic carbocycles. The van der Waals surface area contributed by atoms with Gasteiger partial charge in [-0.2, -0.15) is 14.7 Å². The first-order chi connectivity index (χ1) is 15.5. The summed E-state index contributed by atoms with van der Waals surface area (Å²) in [6, 6.07) is 4.08. The third-order valence-electron chi connectivity index (χ3n) is 6.32. The van der Waals surface area contributed by atoms with E-state index in [4.69, 9.17) is 14.3 Å². The Labute approximate surface area is 191 Å². The number of aryl methyl sites for hydroxylation is 1. The Morgan fingerprint density at radius 3 is 2.45 bits per heavy atom. The minimum Gasteiger partial charge on any atom is -0.381 e. The number of H-pyrrole nitrogens is 1. The number of rotatable bonds is 2. The van der Waals surface area contributed by atoms with E-state index in [1.807, 2.05) is 28.6 Å². The SMILES string of the molecule is C.Cc1cc2[nH]c(=O)c3cnn(C4CCOCC4)c3c2cc1C(=O)N1CCCCC1.O=C=O. The molecule has 2 saturated heterocycles. The zero-order chi connectivity index (χ0) is 22.7. The molecule has 2 fully saturated rings. The first kappa shape index (κ1) is 24.4. The summed E-state index contributed by atoms with van der Waals surface area (Å²) in [6.07, 6.45) is 6.95. The van der Waals surface area contributed by atoms with Gasteiger partial charge in [0.15, 0.2) is 0 Å². The highest BCUT2D eigenvalue weighted by atomic mass is 16.5. The molecule has 1 aromatic carbocycles. The third kappa shape index (κ3) is 4.74. The zero-order valence-corrected chi connectivity index (χ0v) is 18.1. The molecule has 2 aliphatic heterocycles. The maximum atomic E-state index is 13.2. The Kier molecular flexibility index (Phi) is 7.79. The van der Waals surface area contributed by atoms with Gasteiger partial charge >= 0.3 is 6.15 Å². The quantitative estimate of drug-likeness (QED) is 0.636. The molecule has 4 heterocycles. The molecule has 0 bridgehead atoms. The van der Waals surface area contributed by atoms with E-state index in [0.717, 1.165) is 60.8 Å². The Morgan fingerprint density at radius 2 is 1.79 bits per heavy atom. The molecule has 0 saturated carbocycles. The number of nitrogens with one attached hydrogen (secondary N) is 1. The van der Waals surface area contributed by atoms with Gasteiger partial charge in [0, 0.05) is 37.3 Å². The van der Waals surface area contributed by atoms with Crippen molar-refractivity contribution in [3.8, 4) is 0 Å². The van der Waals surface area contributed by atoms with Gasteiger partial charge in [-0.25, -0.2) is 0 Å². The number of hydrogen-bond acceptors (Lipinski definition) is 6. The molecular formula is C24H30N4O5. The molecule has 1 N–H and O–H groups in total. The fourth-order valence-corrected chi connectivity index (χ4v) is 4.70. The largest absolute Gasteiger partial charge is 0.381 e. The summed E-state index contributed by atoms with van der Waals surface area (Å²) in [4.78, 5) is 47.0. The average molecular weight is 455 g/mol. The number of carbonyl (C=O) groups excluding carboxylic acids is 3. The summed E-state index contributed by atoms with van der Waals surface area (Å²) in [5.74, 6) is 0.0839. The number of carbonyl (C=O) groups is 1. The van der Waals surface area contributed by atoms with Crippen LogP contribution in [0.1, 0.15) is 61.5 Å². The molecule has 176 valence electrons. The third-order valence-corrected chi connectivity index (χ3v) is 6.32. The summed E-state index contributed by atoms with van der Waals surface area (Å²) in [7, 11) is 0. The molecule has 0 spiro atoms. The van der Waals surface area contributed by atoms with Crippen molar-refractivity contribution in [3.05, 3.63) is 39.8 Å². The van der Waals surface area contributed by atoms with Gasteiger partial charge in [-0.1, -0.05) is 7.43 Å². The minimum absolute atomic E-state index is 0. The van der Waals surface area contributed by atoms with Crippen molar-refractivity contribution in [1.82, 2.24) is 19.7 Å². The highest BCUT2D eigenvalue weighted by Crippen LogP contribution is 2.30. The molecule has 0 unspecified atom stereocenters. The van der Waals surface area contributed by atoms with Gasteiger partial charge < -0.3 is 14.6 Å². The number of pyridine rings is 1. The maximum absolute atomic E-state index is 13.2. The number of amides is 1. The lowest BCUT2D eigenvalue weighted by atomic mass is 10.0. The monoisotopic (exact) mass is 454 g/mol. The minimum atomic E-state index is -0.139. The fourth-order valence-electron chi connectivity index (χ4n) is 4.70. The number of benzene rings is 1. The molecule has 9 heteroatoms. The van der Waals surface area contributed by atoms with Crippen molar-refractivity contribution in [2.45, 2.75) is 52.5 Å². The lowest BCUT2D eigenvalue weighted by molar-refractivity contribution is -0.191. The molecular weight excluding hydrogens is 424 g/mol. The molecule has 0 atom stereocenters. The van der Waals surface area contributed by atoms with Crippen LogP contribution in [0.25, 0.3) is 21.8 Å². The second-order valence-corrected chi connectivity index (χ2v) is 8.30. The maximum Gasteiger partial charge on any atom is 0.373 e. The number of piperidine rings is 1. The van der Waals surface area contributed by atoms with E-state index >= 15 is 0 Å². The lowest BCUT2D eigenvalue weighted by Gasteiger charge is -2.27. The second-order valence-electron chi connectivity index (χ2n) is 8.30. The van der Waals surface area contributed by atoms with E-state index in [0.29, 0.717) is 24.2 Å². The van der Waals surface area contributed by atoms with Gasteiger partial charge in [-0.15, -0.1) is 0 Å². The van der Waals surface area contributed by atoms with Gasteiger partial charge in [-0.05, 0) is 56.7 Å². The Balaban J connectivity index is 0.000000728. The molecule has 0 radical (unpaired) electrons. The molecule has 5 rings (SSSR count). The van der Waals surface area contributed by atoms with Crippen molar-refractivity contribution < 1.29 is 19.1 Å². The van der Waals surface area contributed by atoms with Crippen LogP contribution < -0.4 is 5.56 Å². The number of nitrogens with zero attached hydrogens (tertiary/aromatic N) is 3. The van der Waals surface area contributed by atoms with E-state index in [-0.39, 0.29) is 31.1 Å². The van der Waals surface area contributed by atoms with Crippen molar-refractivity contribution in [1.29, 1.82) is 0 Å². The van der Waals surface area contributed by atoms with Crippen LogP contribution in [0.15, 0.2) is 23.1 Å². The number of hydrogen-bond donors (Lipinski definition) is 1. The predicted molar refractivity (Wildman–Crippen MR) is 123 cm³/mol. The zero-order valence-electron chi connectivity index (χ0n) is 18.1. The smallest absolute Gasteiger partial charge is 0.373 e. The molecule has 33 heavy (non-hydrogen) atoms. The molecule has 1 amide bonds. The summed E-state index contributed by atoms with van der Waals surface area (Å²) >= 11 is 0. The van der Waals surface area contributed by atoms with Crippen molar-refractivity contribution in [2.75, 3.05) is 26.3 Å². The van der Waals surface area contributed by atoms with E-state index in [1.54, 1.807) is 6.20 Å². The number of ether oxygens (including phenoxy) is 1. The predicted octanol–water partition coefficient (Wildman–Crippen LogP) is 3.22. The van der Waals surface area contributed by atoms with E-state index < -0.39 is 0 Å². The van der Waals surface area contributed by atoms with Crippen molar-refractivity contribution >= 4 is 33.9 Å². The van der Waals surface area contributed by atoms with Crippen molar-refractivity contribution in [2.24, 2.45) is 0 Å². The van der Waals surface area contributed by atoms with Crippen LogP contribution in [0.4, 0.5) is 0 Å². The van der Waals surface area contributed by atoms with Crippen LogP contribution in [-0.2, 0) is 14.3 Å². The summed E-state index contributed by atoms with van der Waals surface area (Å²) in [6.45, 7) is 4.97. The van der Waals surface area contributed by atoms with Crippen molar-refractivity contribution in [3.63, 3.8) is 0 Å². The second kappa shape index (κ2) is 10.6. The van der Waals surface area contributed by atoms with Crippen LogP contribution in [0.5, 0.6) is 0 Å². The van der Waals surface area contributed by atoms with Crippen LogP contribution in [-0.4, -0.2) is 58.0 Å². The summed E-state index contributed by atoms with van der Waals surface area (Å²) < 4.78 is 7.47. The topological polar surface area (TPSA) is 114 Å². The number of aromatic amines is 1. The Morgan fingerprint density at radius 1 is 1.12 bits per heavy atom. The first-order valence-corrected chi connectivity index (χ1v) is 10.9. The van der Waals surface area contributed by atoms with Crippen LogP contribution in [0, 0.1) is 6.92 Å². The first-order valence-electron chi connectivity index (χ1n) is 10.9. The Hall–Kier alpha value is -3.29. The summed E-state index contributed by atoms with van der Waals surface area (Å²) in [5, 5.41) is 6.02. The van der Waals surface area contributed by atoms with E-state index in [2.05, 4.69) is 10.1 Å². The van der Waals surface area contributed by atoms with Gasteiger partial charge in [0.05, 0.1) is 28.7 Å². The normalized spacial score (nSPS) is 16.6. The summed E-state index contributed by atoms with van der Waals surface area (Å²) in [5.41, 5.74) is 3.04. The Bertz CT molecular complexity index is 1230. The number of likely N-dealkylation sites (tertiary alicyclic amines) is 1. The molecule has 9 nitrogen and oxygen atoms in total. The van der Waals surface area contributed by atoms with E-state index in [9.17, 15) is 9.59 Å². The highest BCUT2D eigenvalue weighted by molar-refractivity contribution is 6.07. The highest BCUT2D eigenvalue weighted by Gasteiger charge is 2.24. The average Bonchev–Trinajstić information content (AvgIpc) is 3.26. The van der Waals surface area contributed by atoms with Crippen LogP contribution in [0.2, 0.25) is 0 Å². The fraction of sp³-hybridized carbons (Fsp3) is 0.500. The number of fused-ring (bicyclic) bond motifs is 3.